The van der Waals surface area contributed by atoms with Crippen molar-refractivity contribution in [1.82, 2.24) is 0 Å². The average molecular weight is 242 g/mol. The fraction of sp³-hybridized carbons (Fsp3) is 0.692. The Hall–Kier alpha value is -1.32. The van der Waals surface area contributed by atoms with Crippen LogP contribution in [-0.2, 0) is 19.1 Å². The summed E-state index contributed by atoms with van der Waals surface area (Å²) in [4.78, 5) is 21.1. The van der Waals surface area contributed by atoms with Gasteiger partial charge < -0.3 is 9.47 Å². The van der Waals surface area contributed by atoms with Gasteiger partial charge in [0, 0.05) is 6.92 Å². The van der Waals surface area contributed by atoms with Crippen LogP contribution in [0.25, 0.3) is 0 Å². The van der Waals surface area contributed by atoms with E-state index in [0.29, 0.717) is 13.2 Å². The molecular weight excluding hydrogens is 220 g/mol. The molecule has 0 aromatic heterocycles. The minimum atomic E-state index is -0.268. The van der Waals surface area contributed by atoms with E-state index in [4.69, 9.17) is 4.74 Å². The third kappa shape index (κ3) is 6.09. The molecule has 1 aliphatic carbocycles. The van der Waals surface area contributed by atoms with E-state index in [1.54, 1.807) is 6.92 Å². The van der Waals surface area contributed by atoms with Crippen molar-refractivity contribution < 1.29 is 19.1 Å². The van der Waals surface area contributed by atoms with Crippen molar-refractivity contribution in [2.45, 2.75) is 40.5 Å². The van der Waals surface area contributed by atoms with Gasteiger partial charge in [-0.05, 0) is 33.6 Å². The van der Waals surface area contributed by atoms with Gasteiger partial charge in [-0.15, -0.1) is 0 Å². The number of carbonyl (C=O) groups is 2. The highest BCUT2D eigenvalue weighted by Crippen LogP contribution is 2.33. The van der Waals surface area contributed by atoms with Gasteiger partial charge in [0.15, 0.2) is 0 Å². The predicted octanol–water partition coefficient (Wildman–Crippen LogP) is 2.48. The van der Waals surface area contributed by atoms with Gasteiger partial charge in [0.1, 0.15) is 0 Å². The van der Waals surface area contributed by atoms with Crippen molar-refractivity contribution in [1.29, 1.82) is 0 Å². The molecule has 0 spiro atoms. The first-order valence-corrected chi connectivity index (χ1v) is 5.91. The molecule has 0 radical (unpaired) electrons. The van der Waals surface area contributed by atoms with E-state index in [1.165, 1.54) is 6.92 Å². The Morgan fingerprint density at radius 3 is 1.88 bits per heavy atom. The van der Waals surface area contributed by atoms with Gasteiger partial charge in [0.2, 0.25) is 0 Å². The Morgan fingerprint density at radius 1 is 1.12 bits per heavy atom. The molecule has 0 bridgehead atoms. The SMILES string of the molecule is CCOC(=O)C1(C)CC=CC1.CCOC(C)=O. The molecule has 0 saturated heterocycles. The molecule has 4 nitrogen and oxygen atoms in total. The van der Waals surface area contributed by atoms with E-state index in [9.17, 15) is 9.59 Å². The fourth-order valence-corrected chi connectivity index (χ4v) is 1.45. The van der Waals surface area contributed by atoms with Gasteiger partial charge >= 0.3 is 11.9 Å². The molecule has 0 amide bonds. The second-order valence-corrected chi connectivity index (χ2v) is 4.09. The van der Waals surface area contributed by atoms with Crippen molar-refractivity contribution in [3.05, 3.63) is 12.2 Å². The van der Waals surface area contributed by atoms with Crippen LogP contribution >= 0.6 is 0 Å². The zero-order valence-corrected chi connectivity index (χ0v) is 11.1. The summed E-state index contributed by atoms with van der Waals surface area (Å²) in [5.41, 5.74) is -0.268. The third-order valence-electron chi connectivity index (χ3n) is 2.42. The Balaban J connectivity index is 0.000000366. The number of hydrogen-bond donors (Lipinski definition) is 0. The first-order valence-electron chi connectivity index (χ1n) is 5.91. The number of esters is 2. The highest BCUT2D eigenvalue weighted by molar-refractivity contribution is 5.77. The summed E-state index contributed by atoms with van der Waals surface area (Å²) < 4.78 is 9.35. The van der Waals surface area contributed by atoms with E-state index in [0.717, 1.165) is 12.8 Å². The molecule has 4 heteroatoms. The molecule has 0 heterocycles. The summed E-state index contributed by atoms with van der Waals surface area (Å²) in [7, 11) is 0. The van der Waals surface area contributed by atoms with Crippen molar-refractivity contribution in [3.63, 3.8) is 0 Å². The second-order valence-electron chi connectivity index (χ2n) is 4.09. The molecule has 0 unspecified atom stereocenters. The van der Waals surface area contributed by atoms with Crippen LogP contribution in [0, 0.1) is 5.41 Å². The van der Waals surface area contributed by atoms with Crippen molar-refractivity contribution in [3.8, 4) is 0 Å². The van der Waals surface area contributed by atoms with Crippen molar-refractivity contribution in [2.75, 3.05) is 13.2 Å². The third-order valence-corrected chi connectivity index (χ3v) is 2.42. The lowest BCUT2D eigenvalue weighted by Crippen LogP contribution is -2.26. The molecule has 0 N–H and O–H groups in total. The van der Waals surface area contributed by atoms with E-state index in [-0.39, 0.29) is 17.4 Å². The van der Waals surface area contributed by atoms with Gasteiger partial charge in [0.25, 0.3) is 0 Å². The van der Waals surface area contributed by atoms with Gasteiger partial charge in [-0.2, -0.15) is 0 Å². The van der Waals surface area contributed by atoms with Crippen LogP contribution < -0.4 is 0 Å². The summed E-state index contributed by atoms with van der Waals surface area (Å²) in [6.45, 7) is 7.92. The smallest absolute Gasteiger partial charge is 0.312 e. The normalized spacial score (nSPS) is 15.8. The van der Waals surface area contributed by atoms with E-state index < -0.39 is 0 Å². The molecule has 0 aromatic carbocycles. The topological polar surface area (TPSA) is 52.6 Å². The Kier molecular flexibility index (Phi) is 7.26. The van der Waals surface area contributed by atoms with Crippen LogP contribution in [0.2, 0.25) is 0 Å². The first kappa shape index (κ1) is 15.7. The Morgan fingerprint density at radius 2 is 1.59 bits per heavy atom. The molecule has 0 fully saturated rings. The molecular formula is C13H22O4. The second kappa shape index (κ2) is 7.87. The van der Waals surface area contributed by atoms with Crippen LogP contribution in [0.4, 0.5) is 0 Å². The molecule has 0 aliphatic heterocycles. The predicted molar refractivity (Wildman–Crippen MR) is 65.4 cm³/mol. The monoisotopic (exact) mass is 242 g/mol. The van der Waals surface area contributed by atoms with Crippen LogP contribution in [0.5, 0.6) is 0 Å². The number of ether oxygens (including phenoxy) is 2. The van der Waals surface area contributed by atoms with E-state index in [1.807, 2.05) is 26.0 Å². The molecule has 17 heavy (non-hydrogen) atoms. The maximum atomic E-state index is 11.3. The maximum Gasteiger partial charge on any atom is 0.312 e. The standard InChI is InChI=1S/C9H14O2.C4H8O2/c1-3-11-8(10)9(2)6-4-5-7-9;1-3-6-4(2)5/h4-5H,3,6-7H2,1-2H3;3H2,1-2H3. The lowest BCUT2D eigenvalue weighted by atomic mass is 9.88. The van der Waals surface area contributed by atoms with Crippen LogP contribution in [0.3, 0.4) is 0 Å². The Labute approximate surface area is 103 Å². The summed E-state index contributed by atoms with van der Waals surface area (Å²) in [6.07, 6.45) is 5.73. The highest BCUT2D eigenvalue weighted by Gasteiger charge is 2.34. The number of rotatable bonds is 3. The lowest BCUT2D eigenvalue weighted by Gasteiger charge is -2.20. The van der Waals surface area contributed by atoms with Crippen LogP contribution in [0.1, 0.15) is 40.5 Å². The van der Waals surface area contributed by atoms with Crippen molar-refractivity contribution >= 4 is 11.9 Å². The first-order chi connectivity index (χ1) is 7.96. The van der Waals surface area contributed by atoms with Crippen LogP contribution in [0.15, 0.2) is 12.2 Å². The maximum absolute atomic E-state index is 11.3. The number of allylic oxidation sites excluding steroid dienone is 2. The fourth-order valence-electron chi connectivity index (χ4n) is 1.45. The summed E-state index contributed by atoms with van der Waals surface area (Å²) in [5.74, 6) is -0.275. The molecule has 0 aromatic rings. The van der Waals surface area contributed by atoms with E-state index >= 15 is 0 Å². The van der Waals surface area contributed by atoms with Gasteiger partial charge in [-0.25, -0.2) is 0 Å². The Bertz CT molecular complexity index is 273. The van der Waals surface area contributed by atoms with Gasteiger partial charge in [-0.3, -0.25) is 9.59 Å². The quantitative estimate of drug-likeness (QED) is 0.563. The molecule has 1 rings (SSSR count). The van der Waals surface area contributed by atoms with E-state index in [2.05, 4.69) is 4.74 Å². The molecule has 0 atom stereocenters. The van der Waals surface area contributed by atoms with Gasteiger partial charge in [-0.1, -0.05) is 12.2 Å². The zero-order chi connectivity index (χ0) is 13.3. The zero-order valence-electron chi connectivity index (χ0n) is 11.1. The van der Waals surface area contributed by atoms with Crippen molar-refractivity contribution in [2.24, 2.45) is 5.41 Å². The van der Waals surface area contributed by atoms with Crippen LogP contribution in [-0.4, -0.2) is 25.2 Å². The highest BCUT2D eigenvalue weighted by atomic mass is 16.5. The average Bonchev–Trinajstić information content (AvgIpc) is 2.68. The lowest BCUT2D eigenvalue weighted by molar-refractivity contribution is -0.153. The largest absolute Gasteiger partial charge is 0.466 e. The molecule has 0 saturated carbocycles. The number of hydrogen-bond acceptors (Lipinski definition) is 4. The van der Waals surface area contributed by atoms with Gasteiger partial charge in [0.05, 0.1) is 18.6 Å². The minimum absolute atomic E-state index is 0.0648. The summed E-state index contributed by atoms with van der Waals surface area (Å²) in [5, 5.41) is 0. The summed E-state index contributed by atoms with van der Waals surface area (Å²) in [6, 6.07) is 0. The molecule has 98 valence electrons. The molecule has 1 aliphatic rings. The summed E-state index contributed by atoms with van der Waals surface area (Å²) >= 11 is 0. The number of carbonyl (C=O) groups excluding carboxylic acids is 2. The minimum Gasteiger partial charge on any atom is -0.466 e.